The Morgan fingerprint density at radius 2 is 1.95 bits per heavy atom. The fourth-order valence-electron chi connectivity index (χ4n) is 2.93. The van der Waals surface area contributed by atoms with Crippen LogP contribution in [-0.2, 0) is 4.79 Å². The van der Waals surface area contributed by atoms with Gasteiger partial charge in [0.1, 0.15) is 5.54 Å². The quantitative estimate of drug-likeness (QED) is 0.683. The highest BCUT2D eigenvalue weighted by atomic mass is 16.4. The van der Waals surface area contributed by atoms with E-state index in [0.717, 1.165) is 25.4 Å². The Kier molecular flexibility index (Phi) is 6.96. The monoisotopic (exact) mass is 284 g/mol. The normalized spacial score (nSPS) is 19.7. The SMILES string of the molecule is CC(C)CCN(CCCC(C)(N)C(=O)O)C1CCCC1. The number of carboxylic acid groups (broad SMARTS) is 1. The molecule has 4 nitrogen and oxygen atoms in total. The largest absolute Gasteiger partial charge is 0.480 e. The van der Waals surface area contributed by atoms with Crippen molar-refractivity contribution in [1.29, 1.82) is 0 Å². The molecule has 0 bridgehead atoms. The second-order valence-corrected chi connectivity index (χ2v) is 6.98. The zero-order valence-electron chi connectivity index (χ0n) is 13.4. The lowest BCUT2D eigenvalue weighted by Crippen LogP contribution is -2.45. The Balaban J connectivity index is 2.41. The van der Waals surface area contributed by atoms with E-state index in [9.17, 15) is 4.79 Å². The molecule has 1 atom stereocenters. The van der Waals surface area contributed by atoms with Gasteiger partial charge >= 0.3 is 5.97 Å². The summed E-state index contributed by atoms with van der Waals surface area (Å²) in [5, 5.41) is 9.06. The molecule has 0 aromatic heterocycles. The first kappa shape index (κ1) is 17.4. The highest BCUT2D eigenvalue weighted by molar-refractivity contribution is 5.77. The summed E-state index contributed by atoms with van der Waals surface area (Å²) in [6.45, 7) is 8.25. The molecule has 0 heterocycles. The molecule has 3 N–H and O–H groups in total. The fraction of sp³-hybridized carbons (Fsp3) is 0.938. The number of nitrogens with two attached hydrogens (primary N) is 1. The van der Waals surface area contributed by atoms with E-state index in [0.29, 0.717) is 12.5 Å². The molecule has 0 saturated heterocycles. The molecule has 118 valence electrons. The van der Waals surface area contributed by atoms with Gasteiger partial charge in [0.2, 0.25) is 0 Å². The molecule has 0 aromatic rings. The van der Waals surface area contributed by atoms with Crippen LogP contribution in [0.5, 0.6) is 0 Å². The summed E-state index contributed by atoms with van der Waals surface area (Å²) in [6.07, 6.45) is 7.92. The van der Waals surface area contributed by atoms with Crippen molar-refractivity contribution in [1.82, 2.24) is 4.90 Å². The minimum Gasteiger partial charge on any atom is -0.480 e. The molecule has 1 aliphatic carbocycles. The summed E-state index contributed by atoms with van der Waals surface area (Å²) >= 11 is 0. The van der Waals surface area contributed by atoms with Gasteiger partial charge < -0.3 is 15.7 Å². The molecule has 20 heavy (non-hydrogen) atoms. The van der Waals surface area contributed by atoms with E-state index in [1.54, 1.807) is 6.92 Å². The molecule has 0 aromatic carbocycles. The van der Waals surface area contributed by atoms with Crippen LogP contribution in [-0.4, -0.2) is 40.6 Å². The smallest absolute Gasteiger partial charge is 0.323 e. The van der Waals surface area contributed by atoms with Crippen molar-refractivity contribution in [2.45, 2.75) is 77.3 Å². The summed E-state index contributed by atoms with van der Waals surface area (Å²) in [5.74, 6) is -0.176. The van der Waals surface area contributed by atoms with Crippen LogP contribution in [0.15, 0.2) is 0 Å². The number of rotatable bonds is 9. The zero-order chi connectivity index (χ0) is 15.2. The Bertz CT molecular complexity index is 297. The molecule has 0 spiro atoms. The van der Waals surface area contributed by atoms with Crippen molar-refractivity contribution in [2.75, 3.05) is 13.1 Å². The van der Waals surface area contributed by atoms with Crippen molar-refractivity contribution >= 4 is 5.97 Å². The first-order chi connectivity index (χ1) is 9.33. The van der Waals surface area contributed by atoms with Crippen LogP contribution in [0.3, 0.4) is 0 Å². The van der Waals surface area contributed by atoms with Gasteiger partial charge in [0, 0.05) is 6.04 Å². The number of hydrogen-bond donors (Lipinski definition) is 2. The van der Waals surface area contributed by atoms with E-state index < -0.39 is 11.5 Å². The predicted molar refractivity (Wildman–Crippen MR) is 82.7 cm³/mol. The maximum atomic E-state index is 11.0. The van der Waals surface area contributed by atoms with E-state index in [1.165, 1.54) is 32.1 Å². The Labute approximate surface area is 123 Å². The average Bonchev–Trinajstić information content (AvgIpc) is 2.86. The third-order valence-electron chi connectivity index (χ3n) is 4.46. The molecule has 0 radical (unpaired) electrons. The summed E-state index contributed by atoms with van der Waals surface area (Å²) in [7, 11) is 0. The second kappa shape index (κ2) is 7.99. The van der Waals surface area contributed by atoms with Crippen molar-refractivity contribution < 1.29 is 9.90 Å². The summed E-state index contributed by atoms with van der Waals surface area (Å²) in [4.78, 5) is 13.6. The molecule has 1 fully saturated rings. The van der Waals surface area contributed by atoms with Gasteiger partial charge in [0.05, 0.1) is 0 Å². The van der Waals surface area contributed by atoms with Gasteiger partial charge in [0.25, 0.3) is 0 Å². The number of hydrogen-bond acceptors (Lipinski definition) is 3. The predicted octanol–water partition coefficient (Wildman–Crippen LogP) is 2.86. The number of nitrogens with zero attached hydrogens (tertiary/aromatic N) is 1. The Morgan fingerprint density at radius 1 is 1.35 bits per heavy atom. The lowest BCUT2D eigenvalue weighted by atomic mass is 9.97. The van der Waals surface area contributed by atoms with E-state index in [2.05, 4.69) is 18.7 Å². The van der Waals surface area contributed by atoms with E-state index in [1.807, 2.05) is 0 Å². The molecule has 1 unspecified atom stereocenters. The fourth-order valence-corrected chi connectivity index (χ4v) is 2.93. The van der Waals surface area contributed by atoms with Gasteiger partial charge in [-0.2, -0.15) is 0 Å². The Morgan fingerprint density at radius 3 is 2.45 bits per heavy atom. The van der Waals surface area contributed by atoms with E-state index in [-0.39, 0.29) is 0 Å². The number of aliphatic carboxylic acids is 1. The van der Waals surface area contributed by atoms with Crippen LogP contribution < -0.4 is 5.73 Å². The molecule has 1 rings (SSSR count). The van der Waals surface area contributed by atoms with Crippen LogP contribution in [0.1, 0.15) is 65.7 Å². The minimum atomic E-state index is -1.08. The number of carboxylic acids is 1. The molecular formula is C16H32N2O2. The third-order valence-corrected chi connectivity index (χ3v) is 4.46. The molecule has 4 heteroatoms. The summed E-state index contributed by atoms with van der Waals surface area (Å²) in [5.41, 5.74) is 4.72. The van der Waals surface area contributed by atoms with Gasteiger partial charge in [-0.1, -0.05) is 26.7 Å². The highest BCUT2D eigenvalue weighted by Crippen LogP contribution is 2.25. The lowest BCUT2D eigenvalue weighted by Gasteiger charge is -2.30. The van der Waals surface area contributed by atoms with Crippen LogP contribution >= 0.6 is 0 Å². The topological polar surface area (TPSA) is 66.6 Å². The van der Waals surface area contributed by atoms with Crippen molar-refractivity contribution in [3.05, 3.63) is 0 Å². The first-order valence-electron chi connectivity index (χ1n) is 8.09. The number of carbonyl (C=O) groups is 1. The Hall–Kier alpha value is -0.610. The summed E-state index contributed by atoms with van der Waals surface area (Å²) < 4.78 is 0. The van der Waals surface area contributed by atoms with Gasteiger partial charge in [0.15, 0.2) is 0 Å². The summed E-state index contributed by atoms with van der Waals surface area (Å²) in [6, 6.07) is 0.711. The minimum absolute atomic E-state index is 0.549. The van der Waals surface area contributed by atoms with Crippen molar-refractivity contribution in [2.24, 2.45) is 11.7 Å². The molecule has 0 aliphatic heterocycles. The average molecular weight is 284 g/mol. The van der Waals surface area contributed by atoms with E-state index >= 15 is 0 Å². The van der Waals surface area contributed by atoms with Crippen molar-refractivity contribution in [3.8, 4) is 0 Å². The lowest BCUT2D eigenvalue weighted by molar-refractivity contribution is -0.143. The zero-order valence-corrected chi connectivity index (χ0v) is 13.4. The molecular weight excluding hydrogens is 252 g/mol. The first-order valence-corrected chi connectivity index (χ1v) is 8.09. The van der Waals surface area contributed by atoms with Crippen LogP contribution in [0.2, 0.25) is 0 Å². The highest BCUT2D eigenvalue weighted by Gasteiger charge is 2.28. The van der Waals surface area contributed by atoms with Gasteiger partial charge in [-0.15, -0.1) is 0 Å². The standard InChI is InChI=1S/C16H32N2O2/c1-13(2)9-12-18(14-7-4-5-8-14)11-6-10-16(3,17)15(19)20/h13-14H,4-12,17H2,1-3H3,(H,19,20). The maximum absolute atomic E-state index is 11.0. The van der Waals surface area contributed by atoms with Crippen molar-refractivity contribution in [3.63, 3.8) is 0 Å². The second-order valence-electron chi connectivity index (χ2n) is 6.98. The maximum Gasteiger partial charge on any atom is 0.323 e. The molecule has 1 aliphatic rings. The van der Waals surface area contributed by atoms with Gasteiger partial charge in [-0.25, -0.2) is 0 Å². The molecule has 1 saturated carbocycles. The van der Waals surface area contributed by atoms with Crippen LogP contribution in [0.4, 0.5) is 0 Å². The third kappa shape index (κ3) is 5.80. The molecule has 0 amide bonds. The van der Waals surface area contributed by atoms with Crippen LogP contribution in [0.25, 0.3) is 0 Å². The van der Waals surface area contributed by atoms with Gasteiger partial charge in [-0.05, 0) is 58.0 Å². The van der Waals surface area contributed by atoms with E-state index in [4.69, 9.17) is 10.8 Å². The van der Waals surface area contributed by atoms with Gasteiger partial charge in [-0.3, -0.25) is 4.79 Å². The van der Waals surface area contributed by atoms with Crippen LogP contribution in [0, 0.1) is 5.92 Å².